The SMILES string of the molecule is Nc1cn[nH]c1NC(=O)c1ccccc1. The van der Waals surface area contributed by atoms with Crippen LogP contribution in [0.25, 0.3) is 0 Å². The van der Waals surface area contributed by atoms with Crippen molar-refractivity contribution in [3.63, 3.8) is 0 Å². The molecular weight excluding hydrogens is 192 g/mol. The van der Waals surface area contributed by atoms with Gasteiger partial charge in [0.25, 0.3) is 5.91 Å². The fraction of sp³-hybridized carbons (Fsp3) is 0. The van der Waals surface area contributed by atoms with Crippen LogP contribution in [0.5, 0.6) is 0 Å². The van der Waals surface area contributed by atoms with Gasteiger partial charge in [0.2, 0.25) is 0 Å². The van der Waals surface area contributed by atoms with Crippen molar-refractivity contribution in [2.24, 2.45) is 0 Å². The van der Waals surface area contributed by atoms with E-state index in [2.05, 4.69) is 15.5 Å². The number of aromatic nitrogens is 2. The highest BCUT2D eigenvalue weighted by molar-refractivity contribution is 6.04. The normalized spacial score (nSPS) is 9.87. The Kier molecular flexibility index (Phi) is 2.37. The molecule has 0 aliphatic rings. The molecule has 0 radical (unpaired) electrons. The van der Waals surface area contributed by atoms with Gasteiger partial charge < -0.3 is 11.1 Å². The average Bonchev–Trinajstić information content (AvgIpc) is 2.66. The molecule has 0 fully saturated rings. The quantitative estimate of drug-likeness (QED) is 0.685. The van der Waals surface area contributed by atoms with Crippen molar-refractivity contribution in [3.05, 3.63) is 42.1 Å². The minimum atomic E-state index is -0.216. The van der Waals surface area contributed by atoms with Gasteiger partial charge in [-0.25, -0.2) is 0 Å². The number of aromatic amines is 1. The zero-order valence-corrected chi connectivity index (χ0v) is 7.90. The van der Waals surface area contributed by atoms with Gasteiger partial charge >= 0.3 is 0 Å². The topological polar surface area (TPSA) is 83.8 Å². The Morgan fingerprint density at radius 2 is 2.07 bits per heavy atom. The molecule has 1 heterocycles. The lowest BCUT2D eigenvalue weighted by molar-refractivity contribution is 0.102. The summed E-state index contributed by atoms with van der Waals surface area (Å²) >= 11 is 0. The van der Waals surface area contributed by atoms with E-state index in [-0.39, 0.29) is 5.91 Å². The molecule has 1 aromatic heterocycles. The Bertz CT molecular complexity index is 463. The van der Waals surface area contributed by atoms with Crippen LogP contribution in [0.15, 0.2) is 36.5 Å². The molecule has 1 amide bonds. The van der Waals surface area contributed by atoms with E-state index in [0.29, 0.717) is 17.1 Å². The second-order valence-electron chi connectivity index (χ2n) is 3.02. The highest BCUT2D eigenvalue weighted by Gasteiger charge is 2.07. The number of nitrogens with two attached hydrogens (primary N) is 1. The predicted octanol–water partition coefficient (Wildman–Crippen LogP) is 1.24. The number of nitrogens with one attached hydrogen (secondary N) is 2. The number of nitrogens with zero attached hydrogens (tertiary/aromatic N) is 1. The second-order valence-corrected chi connectivity index (χ2v) is 3.02. The summed E-state index contributed by atoms with van der Waals surface area (Å²) in [4.78, 5) is 11.6. The lowest BCUT2D eigenvalue weighted by Gasteiger charge is -2.02. The predicted molar refractivity (Wildman–Crippen MR) is 57.4 cm³/mol. The molecule has 15 heavy (non-hydrogen) atoms. The number of carbonyl (C=O) groups is 1. The fourth-order valence-electron chi connectivity index (χ4n) is 1.17. The van der Waals surface area contributed by atoms with Crippen LogP contribution in [-0.2, 0) is 0 Å². The molecule has 0 aliphatic carbocycles. The number of carbonyl (C=O) groups excluding carboxylic acids is 1. The van der Waals surface area contributed by atoms with Crippen LogP contribution >= 0.6 is 0 Å². The number of rotatable bonds is 2. The van der Waals surface area contributed by atoms with Crippen molar-refractivity contribution in [2.45, 2.75) is 0 Å². The lowest BCUT2D eigenvalue weighted by Crippen LogP contribution is -2.12. The van der Waals surface area contributed by atoms with E-state index in [1.165, 1.54) is 6.20 Å². The zero-order chi connectivity index (χ0) is 10.7. The molecule has 1 aromatic carbocycles. The molecule has 5 heteroatoms. The van der Waals surface area contributed by atoms with Crippen LogP contribution in [0.4, 0.5) is 11.5 Å². The van der Waals surface area contributed by atoms with Crippen LogP contribution in [-0.4, -0.2) is 16.1 Å². The molecule has 0 unspecified atom stereocenters. The maximum absolute atomic E-state index is 11.6. The molecule has 0 saturated carbocycles. The number of H-pyrrole nitrogens is 1. The molecular formula is C10H10N4O. The van der Waals surface area contributed by atoms with E-state index in [9.17, 15) is 4.79 Å². The van der Waals surface area contributed by atoms with Crippen molar-refractivity contribution in [3.8, 4) is 0 Å². The van der Waals surface area contributed by atoms with Crippen LogP contribution in [0.2, 0.25) is 0 Å². The first-order valence-electron chi connectivity index (χ1n) is 4.42. The number of nitrogen functional groups attached to an aromatic ring is 1. The summed E-state index contributed by atoms with van der Waals surface area (Å²) in [6.07, 6.45) is 1.45. The maximum Gasteiger partial charge on any atom is 0.256 e. The van der Waals surface area contributed by atoms with Gasteiger partial charge in [-0.3, -0.25) is 9.89 Å². The molecule has 0 aliphatic heterocycles. The maximum atomic E-state index is 11.6. The monoisotopic (exact) mass is 202 g/mol. The summed E-state index contributed by atoms with van der Waals surface area (Å²) in [5, 5.41) is 8.93. The van der Waals surface area contributed by atoms with E-state index < -0.39 is 0 Å². The van der Waals surface area contributed by atoms with E-state index in [0.717, 1.165) is 0 Å². The van der Waals surface area contributed by atoms with Gasteiger partial charge in [-0.1, -0.05) is 18.2 Å². The largest absolute Gasteiger partial charge is 0.394 e. The number of anilines is 2. The second kappa shape index (κ2) is 3.83. The Morgan fingerprint density at radius 3 is 2.67 bits per heavy atom. The van der Waals surface area contributed by atoms with Crippen molar-refractivity contribution >= 4 is 17.4 Å². The van der Waals surface area contributed by atoms with E-state index in [4.69, 9.17) is 5.73 Å². The molecule has 5 nitrogen and oxygen atoms in total. The smallest absolute Gasteiger partial charge is 0.256 e. The number of benzene rings is 1. The first-order valence-corrected chi connectivity index (χ1v) is 4.42. The molecule has 4 N–H and O–H groups in total. The molecule has 76 valence electrons. The summed E-state index contributed by atoms with van der Waals surface area (Å²) < 4.78 is 0. The van der Waals surface area contributed by atoms with Crippen molar-refractivity contribution in [1.82, 2.24) is 10.2 Å². The minimum absolute atomic E-state index is 0.216. The van der Waals surface area contributed by atoms with E-state index in [1.54, 1.807) is 24.3 Å². The van der Waals surface area contributed by atoms with Gasteiger partial charge in [0.05, 0.1) is 11.9 Å². The van der Waals surface area contributed by atoms with Gasteiger partial charge in [0.1, 0.15) is 0 Å². The first-order chi connectivity index (χ1) is 7.27. The third-order valence-corrected chi connectivity index (χ3v) is 1.94. The van der Waals surface area contributed by atoms with Crippen LogP contribution in [0.1, 0.15) is 10.4 Å². The molecule has 0 bridgehead atoms. The number of amides is 1. The van der Waals surface area contributed by atoms with E-state index >= 15 is 0 Å². The molecule has 0 saturated heterocycles. The summed E-state index contributed by atoms with van der Waals surface area (Å²) in [6.45, 7) is 0. The zero-order valence-electron chi connectivity index (χ0n) is 7.90. The van der Waals surface area contributed by atoms with Crippen molar-refractivity contribution in [1.29, 1.82) is 0 Å². The third kappa shape index (κ3) is 1.96. The van der Waals surface area contributed by atoms with Gasteiger partial charge in [0, 0.05) is 5.56 Å². The summed E-state index contributed by atoms with van der Waals surface area (Å²) in [6, 6.07) is 8.89. The Morgan fingerprint density at radius 1 is 1.33 bits per heavy atom. The van der Waals surface area contributed by atoms with Gasteiger partial charge in [-0.2, -0.15) is 5.10 Å². The number of hydrogen-bond acceptors (Lipinski definition) is 3. The van der Waals surface area contributed by atoms with E-state index in [1.807, 2.05) is 6.07 Å². The van der Waals surface area contributed by atoms with Crippen LogP contribution in [0, 0.1) is 0 Å². The van der Waals surface area contributed by atoms with Crippen molar-refractivity contribution in [2.75, 3.05) is 11.1 Å². The molecule has 2 rings (SSSR count). The third-order valence-electron chi connectivity index (χ3n) is 1.94. The summed E-state index contributed by atoms with van der Waals surface area (Å²) in [5.41, 5.74) is 6.55. The summed E-state index contributed by atoms with van der Waals surface area (Å²) in [5.74, 6) is 0.204. The summed E-state index contributed by atoms with van der Waals surface area (Å²) in [7, 11) is 0. The average molecular weight is 202 g/mol. The Labute approximate surface area is 86.3 Å². The highest BCUT2D eigenvalue weighted by atomic mass is 16.1. The van der Waals surface area contributed by atoms with Crippen LogP contribution in [0.3, 0.4) is 0 Å². The Balaban J connectivity index is 2.15. The lowest BCUT2D eigenvalue weighted by atomic mass is 10.2. The number of hydrogen-bond donors (Lipinski definition) is 3. The Hall–Kier alpha value is -2.30. The molecule has 2 aromatic rings. The van der Waals surface area contributed by atoms with Gasteiger partial charge in [-0.15, -0.1) is 0 Å². The highest BCUT2D eigenvalue weighted by Crippen LogP contribution is 2.13. The van der Waals surface area contributed by atoms with Gasteiger partial charge in [-0.05, 0) is 12.1 Å². The standard InChI is InChI=1S/C10H10N4O/c11-8-6-12-14-9(8)13-10(15)7-4-2-1-3-5-7/h1-6H,11H2,(H2,12,13,14,15). The van der Waals surface area contributed by atoms with Gasteiger partial charge in [0.15, 0.2) is 5.82 Å². The molecule has 0 spiro atoms. The first kappa shape index (κ1) is 9.26. The molecule has 0 atom stereocenters. The van der Waals surface area contributed by atoms with Crippen molar-refractivity contribution < 1.29 is 4.79 Å². The van der Waals surface area contributed by atoms with Crippen LogP contribution < -0.4 is 11.1 Å². The fourth-order valence-corrected chi connectivity index (χ4v) is 1.17. The minimum Gasteiger partial charge on any atom is -0.394 e.